The molecule has 0 aliphatic rings. The predicted molar refractivity (Wildman–Crippen MR) is 48.6 cm³/mol. The Morgan fingerprint density at radius 2 is 2.15 bits per heavy atom. The number of hydrogen-bond acceptors (Lipinski definition) is 3. The minimum Gasteiger partial charge on any atom is -0.465 e. The lowest BCUT2D eigenvalue weighted by Crippen LogP contribution is -2.00. The van der Waals surface area contributed by atoms with Crippen LogP contribution >= 0.6 is 0 Å². The molecule has 1 rings (SSSR count). The molecular weight excluding hydrogens is 168 g/mol. The van der Waals surface area contributed by atoms with Crippen molar-refractivity contribution >= 4 is 5.97 Å². The minimum atomic E-state index is -0.351. The summed E-state index contributed by atoms with van der Waals surface area (Å²) in [6, 6.07) is 6.77. The molecule has 0 amide bonds. The Balaban J connectivity index is 2.78. The van der Waals surface area contributed by atoms with E-state index >= 15 is 0 Å². The summed E-state index contributed by atoms with van der Waals surface area (Å²) in [5, 5.41) is 0. The van der Waals surface area contributed by atoms with Crippen LogP contribution in [0.3, 0.4) is 0 Å². The van der Waals surface area contributed by atoms with Crippen LogP contribution in [0.2, 0.25) is 0 Å². The summed E-state index contributed by atoms with van der Waals surface area (Å²) in [5.41, 5.74) is 0. The largest absolute Gasteiger partial charge is 0.465 e. The SMILES string of the molecule is C=COc1cccc(OC(C)=O)c1. The minimum absolute atomic E-state index is 0.351. The molecule has 3 heteroatoms. The van der Waals surface area contributed by atoms with Crippen LogP contribution in [-0.4, -0.2) is 5.97 Å². The van der Waals surface area contributed by atoms with E-state index in [4.69, 9.17) is 9.47 Å². The zero-order chi connectivity index (χ0) is 9.68. The molecule has 0 radical (unpaired) electrons. The summed E-state index contributed by atoms with van der Waals surface area (Å²) in [6.07, 6.45) is 1.31. The highest BCUT2D eigenvalue weighted by Gasteiger charge is 1.98. The fourth-order valence-electron chi connectivity index (χ4n) is 0.873. The standard InChI is InChI=1S/C10H10O3/c1-3-12-9-5-4-6-10(7-9)13-8(2)11/h3-7H,1H2,2H3. The van der Waals surface area contributed by atoms with Crippen LogP contribution in [-0.2, 0) is 4.79 Å². The maximum absolute atomic E-state index is 10.6. The van der Waals surface area contributed by atoms with E-state index in [0.717, 1.165) is 0 Å². The van der Waals surface area contributed by atoms with E-state index in [-0.39, 0.29) is 5.97 Å². The summed E-state index contributed by atoms with van der Waals surface area (Å²) in [5.74, 6) is 0.705. The van der Waals surface area contributed by atoms with Crippen molar-refractivity contribution in [2.24, 2.45) is 0 Å². The first-order valence-electron chi connectivity index (χ1n) is 3.78. The van der Waals surface area contributed by atoms with Gasteiger partial charge in [0.2, 0.25) is 0 Å². The molecule has 0 fully saturated rings. The van der Waals surface area contributed by atoms with Crippen molar-refractivity contribution in [3.8, 4) is 11.5 Å². The van der Waals surface area contributed by atoms with Crippen LogP contribution < -0.4 is 9.47 Å². The second-order valence-corrected chi connectivity index (χ2v) is 2.35. The van der Waals surface area contributed by atoms with Crippen LogP contribution in [0, 0.1) is 0 Å². The van der Waals surface area contributed by atoms with Gasteiger partial charge in [0.15, 0.2) is 0 Å². The van der Waals surface area contributed by atoms with Crippen molar-refractivity contribution in [1.82, 2.24) is 0 Å². The Bertz CT molecular complexity index is 318. The molecular formula is C10H10O3. The van der Waals surface area contributed by atoms with Crippen molar-refractivity contribution in [2.45, 2.75) is 6.92 Å². The molecule has 0 spiro atoms. The smallest absolute Gasteiger partial charge is 0.308 e. The van der Waals surface area contributed by atoms with E-state index in [1.54, 1.807) is 24.3 Å². The maximum atomic E-state index is 10.6. The molecule has 3 nitrogen and oxygen atoms in total. The van der Waals surface area contributed by atoms with Crippen LogP contribution in [0.5, 0.6) is 11.5 Å². The topological polar surface area (TPSA) is 35.5 Å². The average molecular weight is 178 g/mol. The van der Waals surface area contributed by atoms with E-state index in [1.165, 1.54) is 13.2 Å². The Kier molecular flexibility index (Phi) is 3.09. The monoisotopic (exact) mass is 178 g/mol. The number of esters is 1. The molecule has 0 bridgehead atoms. The number of benzene rings is 1. The van der Waals surface area contributed by atoms with Crippen molar-refractivity contribution in [3.05, 3.63) is 37.1 Å². The van der Waals surface area contributed by atoms with Gasteiger partial charge < -0.3 is 9.47 Å². The summed E-state index contributed by atoms with van der Waals surface area (Å²) in [6.45, 7) is 4.76. The van der Waals surface area contributed by atoms with E-state index in [1.807, 2.05) is 0 Å². The fraction of sp³-hybridized carbons (Fsp3) is 0.100. The Hall–Kier alpha value is -1.77. The summed E-state index contributed by atoms with van der Waals surface area (Å²) >= 11 is 0. The zero-order valence-corrected chi connectivity index (χ0v) is 7.32. The highest BCUT2D eigenvalue weighted by atomic mass is 16.5. The number of hydrogen-bond donors (Lipinski definition) is 0. The van der Waals surface area contributed by atoms with Crippen LogP contribution in [0.1, 0.15) is 6.92 Å². The van der Waals surface area contributed by atoms with E-state index in [0.29, 0.717) is 11.5 Å². The van der Waals surface area contributed by atoms with Gasteiger partial charge in [-0.25, -0.2) is 0 Å². The second-order valence-electron chi connectivity index (χ2n) is 2.35. The number of rotatable bonds is 3. The van der Waals surface area contributed by atoms with Gasteiger partial charge in [-0.05, 0) is 12.1 Å². The number of carbonyl (C=O) groups excluding carboxylic acids is 1. The molecule has 0 aliphatic heterocycles. The molecule has 1 aromatic rings. The quantitative estimate of drug-likeness (QED) is 0.404. The molecule has 0 saturated carbocycles. The summed E-state index contributed by atoms with van der Waals surface area (Å²) in [7, 11) is 0. The van der Waals surface area contributed by atoms with Gasteiger partial charge in [-0.3, -0.25) is 4.79 Å². The molecule has 1 aromatic carbocycles. The third-order valence-electron chi connectivity index (χ3n) is 1.29. The van der Waals surface area contributed by atoms with Crippen LogP contribution in [0.25, 0.3) is 0 Å². The Morgan fingerprint density at radius 1 is 1.46 bits per heavy atom. The highest BCUT2D eigenvalue weighted by Crippen LogP contribution is 2.19. The molecule has 0 unspecified atom stereocenters. The van der Waals surface area contributed by atoms with Crippen LogP contribution in [0.15, 0.2) is 37.1 Å². The number of carbonyl (C=O) groups is 1. The normalized spacial score (nSPS) is 9.00. The molecule has 0 saturated heterocycles. The van der Waals surface area contributed by atoms with Gasteiger partial charge in [0.25, 0.3) is 0 Å². The molecule has 13 heavy (non-hydrogen) atoms. The molecule has 0 atom stereocenters. The van der Waals surface area contributed by atoms with E-state index in [9.17, 15) is 4.79 Å². The van der Waals surface area contributed by atoms with Crippen molar-refractivity contribution in [1.29, 1.82) is 0 Å². The van der Waals surface area contributed by atoms with Gasteiger partial charge in [0.05, 0.1) is 6.26 Å². The van der Waals surface area contributed by atoms with Crippen LogP contribution in [0.4, 0.5) is 0 Å². The van der Waals surface area contributed by atoms with Crippen molar-refractivity contribution < 1.29 is 14.3 Å². The molecule has 0 heterocycles. The van der Waals surface area contributed by atoms with Gasteiger partial charge in [0.1, 0.15) is 11.5 Å². The first-order chi connectivity index (χ1) is 6.22. The molecule has 0 aromatic heterocycles. The van der Waals surface area contributed by atoms with Gasteiger partial charge >= 0.3 is 5.97 Å². The van der Waals surface area contributed by atoms with Crippen molar-refractivity contribution in [3.63, 3.8) is 0 Å². The summed E-state index contributed by atoms with van der Waals surface area (Å²) < 4.78 is 9.85. The maximum Gasteiger partial charge on any atom is 0.308 e. The first-order valence-corrected chi connectivity index (χ1v) is 3.78. The fourth-order valence-corrected chi connectivity index (χ4v) is 0.873. The van der Waals surface area contributed by atoms with Gasteiger partial charge in [-0.15, -0.1) is 0 Å². The lowest BCUT2D eigenvalue weighted by atomic mass is 10.3. The first kappa shape index (κ1) is 9.32. The highest BCUT2D eigenvalue weighted by molar-refractivity contribution is 5.69. The van der Waals surface area contributed by atoms with Crippen molar-refractivity contribution in [2.75, 3.05) is 0 Å². The third kappa shape index (κ3) is 2.99. The lowest BCUT2D eigenvalue weighted by molar-refractivity contribution is -0.131. The predicted octanol–water partition coefficient (Wildman–Crippen LogP) is 2.13. The number of ether oxygens (including phenoxy) is 2. The second kappa shape index (κ2) is 4.30. The van der Waals surface area contributed by atoms with Gasteiger partial charge in [-0.1, -0.05) is 12.6 Å². The molecule has 0 aliphatic carbocycles. The lowest BCUT2D eigenvalue weighted by Gasteiger charge is -2.03. The van der Waals surface area contributed by atoms with E-state index in [2.05, 4.69) is 6.58 Å². The zero-order valence-electron chi connectivity index (χ0n) is 7.32. The third-order valence-corrected chi connectivity index (χ3v) is 1.29. The molecule has 68 valence electrons. The summed E-state index contributed by atoms with van der Waals surface area (Å²) in [4.78, 5) is 10.6. The van der Waals surface area contributed by atoms with Gasteiger partial charge in [0, 0.05) is 13.0 Å². The average Bonchev–Trinajstić information content (AvgIpc) is 2.04. The Morgan fingerprint density at radius 3 is 2.77 bits per heavy atom. The molecule has 0 N–H and O–H groups in total. The van der Waals surface area contributed by atoms with E-state index < -0.39 is 0 Å². The Labute approximate surface area is 76.6 Å². The van der Waals surface area contributed by atoms with Gasteiger partial charge in [-0.2, -0.15) is 0 Å².